The zero-order valence-electron chi connectivity index (χ0n) is 13.5. The maximum absolute atomic E-state index is 13.6. The predicted molar refractivity (Wildman–Crippen MR) is 97.7 cm³/mol. The SMILES string of the molecule is CN1C(=N)N[C@](C)(c2cc(Br)c(-c3ccc(F)c(C#N)c3)s2)CC1=O. The van der Waals surface area contributed by atoms with Crippen LogP contribution in [-0.2, 0) is 10.3 Å². The summed E-state index contributed by atoms with van der Waals surface area (Å²) in [6.45, 7) is 1.87. The number of carbonyl (C=O) groups excluding carboxylic acids is 1. The van der Waals surface area contributed by atoms with Crippen molar-refractivity contribution in [3.63, 3.8) is 0 Å². The molecule has 0 unspecified atom stereocenters. The van der Waals surface area contributed by atoms with Crippen molar-refractivity contribution in [1.82, 2.24) is 10.2 Å². The van der Waals surface area contributed by atoms with Crippen LogP contribution in [0.2, 0.25) is 0 Å². The number of benzene rings is 1. The standard InChI is InChI=1S/C17H14BrFN4OS/c1-17(7-14(24)23(2)16(21)22-17)13-6-11(18)15(25-13)9-3-4-12(19)10(5-9)8-20/h3-6H,7H2,1-2H3,(H2,21,22)/t17-/m0/s1. The molecule has 1 aliphatic heterocycles. The Kier molecular flexibility index (Phi) is 4.39. The molecule has 1 aromatic carbocycles. The van der Waals surface area contributed by atoms with Gasteiger partial charge in [0.15, 0.2) is 5.96 Å². The molecule has 2 N–H and O–H groups in total. The van der Waals surface area contributed by atoms with Gasteiger partial charge in [-0.15, -0.1) is 11.3 Å². The Morgan fingerprint density at radius 2 is 2.20 bits per heavy atom. The predicted octanol–water partition coefficient (Wildman–Crippen LogP) is 3.79. The average molecular weight is 421 g/mol. The first-order valence-electron chi connectivity index (χ1n) is 7.38. The molecule has 5 nitrogen and oxygen atoms in total. The maximum atomic E-state index is 13.6. The summed E-state index contributed by atoms with van der Waals surface area (Å²) in [7, 11) is 1.56. The van der Waals surface area contributed by atoms with E-state index >= 15 is 0 Å². The Balaban J connectivity index is 2.02. The highest BCUT2D eigenvalue weighted by molar-refractivity contribution is 9.10. The molecular formula is C17H14BrFN4OS. The number of thiophene rings is 1. The van der Waals surface area contributed by atoms with Crippen molar-refractivity contribution >= 4 is 39.1 Å². The van der Waals surface area contributed by atoms with Gasteiger partial charge in [0.1, 0.15) is 11.9 Å². The van der Waals surface area contributed by atoms with Crippen LogP contribution < -0.4 is 5.32 Å². The van der Waals surface area contributed by atoms with Gasteiger partial charge in [0.2, 0.25) is 5.91 Å². The van der Waals surface area contributed by atoms with Crippen LogP contribution in [0.5, 0.6) is 0 Å². The van der Waals surface area contributed by atoms with E-state index in [1.54, 1.807) is 13.1 Å². The molecule has 0 bridgehead atoms. The number of amides is 1. The van der Waals surface area contributed by atoms with E-state index in [-0.39, 0.29) is 23.9 Å². The van der Waals surface area contributed by atoms with Crippen LogP contribution in [-0.4, -0.2) is 23.8 Å². The van der Waals surface area contributed by atoms with Gasteiger partial charge in [0.25, 0.3) is 0 Å². The zero-order chi connectivity index (χ0) is 18.4. The Morgan fingerprint density at radius 3 is 2.84 bits per heavy atom. The molecule has 8 heteroatoms. The third-order valence-electron chi connectivity index (χ3n) is 4.19. The van der Waals surface area contributed by atoms with Crippen LogP contribution >= 0.6 is 27.3 Å². The second kappa shape index (κ2) is 6.24. The summed E-state index contributed by atoms with van der Waals surface area (Å²) in [6, 6.07) is 8.14. The van der Waals surface area contributed by atoms with E-state index in [2.05, 4.69) is 21.2 Å². The largest absolute Gasteiger partial charge is 0.345 e. The second-order valence-corrected chi connectivity index (χ2v) is 7.94. The molecule has 2 heterocycles. The monoisotopic (exact) mass is 420 g/mol. The summed E-state index contributed by atoms with van der Waals surface area (Å²) in [4.78, 5) is 15.1. The summed E-state index contributed by atoms with van der Waals surface area (Å²) in [5.74, 6) is -0.633. The number of halogens is 2. The summed E-state index contributed by atoms with van der Waals surface area (Å²) >= 11 is 4.95. The lowest BCUT2D eigenvalue weighted by Gasteiger charge is -2.38. The van der Waals surface area contributed by atoms with E-state index in [0.29, 0.717) is 0 Å². The summed E-state index contributed by atoms with van der Waals surface area (Å²) in [5, 5.41) is 20.0. The molecule has 25 heavy (non-hydrogen) atoms. The molecule has 1 amide bonds. The van der Waals surface area contributed by atoms with Crippen LogP contribution in [0.4, 0.5) is 4.39 Å². The van der Waals surface area contributed by atoms with E-state index in [0.717, 1.165) is 19.8 Å². The van der Waals surface area contributed by atoms with E-state index in [1.165, 1.54) is 28.4 Å². The number of hydrogen-bond donors (Lipinski definition) is 2. The fourth-order valence-corrected chi connectivity index (χ4v) is 4.67. The second-order valence-electron chi connectivity index (χ2n) is 6.03. The van der Waals surface area contributed by atoms with Crippen molar-refractivity contribution in [2.24, 2.45) is 0 Å². The van der Waals surface area contributed by atoms with Crippen molar-refractivity contribution in [1.29, 1.82) is 10.7 Å². The highest BCUT2D eigenvalue weighted by Crippen LogP contribution is 2.42. The first kappa shape index (κ1) is 17.6. The van der Waals surface area contributed by atoms with Gasteiger partial charge in [0, 0.05) is 21.3 Å². The molecule has 3 rings (SSSR count). The molecule has 0 aliphatic carbocycles. The minimum absolute atomic E-state index is 0.0140. The summed E-state index contributed by atoms with van der Waals surface area (Å²) in [5.41, 5.74) is 0.0171. The Morgan fingerprint density at radius 1 is 1.48 bits per heavy atom. The van der Waals surface area contributed by atoms with Gasteiger partial charge in [-0.3, -0.25) is 15.1 Å². The van der Waals surface area contributed by atoms with E-state index in [4.69, 9.17) is 10.7 Å². The molecule has 1 atom stereocenters. The van der Waals surface area contributed by atoms with E-state index in [1.807, 2.05) is 19.1 Å². The van der Waals surface area contributed by atoms with Crippen LogP contribution in [0.1, 0.15) is 23.8 Å². The zero-order valence-corrected chi connectivity index (χ0v) is 15.9. The van der Waals surface area contributed by atoms with Crippen LogP contribution in [0, 0.1) is 22.6 Å². The average Bonchev–Trinajstić information content (AvgIpc) is 2.96. The van der Waals surface area contributed by atoms with Crippen LogP contribution in [0.25, 0.3) is 10.4 Å². The number of nitriles is 1. The first-order chi connectivity index (χ1) is 11.7. The molecular weight excluding hydrogens is 407 g/mol. The van der Waals surface area contributed by atoms with Gasteiger partial charge >= 0.3 is 0 Å². The van der Waals surface area contributed by atoms with Crippen molar-refractivity contribution in [3.05, 3.63) is 45.0 Å². The molecule has 0 spiro atoms. The highest BCUT2D eigenvalue weighted by atomic mass is 79.9. The number of nitrogens with zero attached hydrogens (tertiary/aromatic N) is 2. The van der Waals surface area contributed by atoms with Gasteiger partial charge in [0.05, 0.1) is 17.5 Å². The Labute approximate surface area is 156 Å². The smallest absolute Gasteiger partial charge is 0.231 e. The first-order valence-corrected chi connectivity index (χ1v) is 8.99. The third kappa shape index (κ3) is 3.05. The number of carbonyl (C=O) groups is 1. The van der Waals surface area contributed by atoms with Crippen molar-refractivity contribution in [3.8, 4) is 16.5 Å². The molecule has 2 aromatic rings. The normalized spacial score (nSPS) is 20.4. The van der Waals surface area contributed by atoms with Gasteiger partial charge < -0.3 is 5.32 Å². The molecule has 1 aliphatic rings. The van der Waals surface area contributed by atoms with Gasteiger partial charge in [-0.1, -0.05) is 6.07 Å². The quantitative estimate of drug-likeness (QED) is 0.775. The van der Waals surface area contributed by atoms with Gasteiger partial charge in [-0.2, -0.15) is 5.26 Å². The number of hydrogen-bond acceptors (Lipinski definition) is 4. The molecule has 1 aromatic heterocycles. The number of rotatable bonds is 2. The molecule has 1 fully saturated rings. The number of guanidine groups is 1. The Hall–Kier alpha value is -2.24. The van der Waals surface area contributed by atoms with Gasteiger partial charge in [-0.05, 0) is 46.6 Å². The Bertz CT molecular complexity index is 915. The molecule has 0 saturated carbocycles. The minimum Gasteiger partial charge on any atom is -0.345 e. The fraction of sp³-hybridized carbons (Fsp3) is 0.235. The van der Waals surface area contributed by atoms with E-state index in [9.17, 15) is 9.18 Å². The lowest BCUT2D eigenvalue weighted by atomic mass is 9.93. The van der Waals surface area contributed by atoms with E-state index < -0.39 is 11.4 Å². The lowest BCUT2D eigenvalue weighted by molar-refractivity contribution is -0.129. The molecule has 128 valence electrons. The van der Waals surface area contributed by atoms with Crippen LogP contribution in [0.3, 0.4) is 0 Å². The molecule has 1 saturated heterocycles. The number of nitrogens with one attached hydrogen (secondary N) is 2. The highest BCUT2D eigenvalue weighted by Gasteiger charge is 2.39. The van der Waals surface area contributed by atoms with Gasteiger partial charge in [-0.25, -0.2) is 4.39 Å². The summed E-state index contributed by atoms with van der Waals surface area (Å²) < 4.78 is 14.4. The van der Waals surface area contributed by atoms with Crippen molar-refractivity contribution in [2.45, 2.75) is 18.9 Å². The van der Waals surface area contributed by atoms with Crippen molar-refractivity contribution < 1.29 is 9.18 Å². The van der Waals surface area contributed by atoms with Crippen LogP contribution in [0.15, 0.2) is 28.7 Å². The molecule has 0 radical (unpaired) electrons. The third-order valence-corrected chi connectivity index (χ3v) is 6.52. The maximum Gasteiger partial charge on any atom is 0.231 e. The lowest BCUT2D eigenvalue weighted by Crippen LogP contribution is -2.57. The topological polar surface area (TPSA) is 80.0 Å². The fourth-order valence-electron chi connectivity index (χ4n) is 2.67. The minimum atomic E-state index is -0.690. The van der Waals surface area contributed by atoms with Crippen molar-refractivity contribution in [2.75, 3.05) is 7.05 Å². The summed E-state index contributed by atoms with van der Waals surface area (Å²) in [6.07, 6.45) is 0.227.